The molecule has 0 aliphatic carbocycles. The van der Waals surface area contributed by atoms with Crippen molar-refractivity contribution in [2.24, 2.45) is 0 Å². The smallest absolute Gasteiger partial charge is 0.325 e. The molecule has 0 bridgehead atoms. The van der Waals surface area contributed by atoms with E-state index in [1.54, 1.807) is 37.1 Å². The Morgan fingerprint density at radius 1 is 1.50 bits per heavy atom. The summed E-state index contributed by atoms with van der Waals surface area (Å²) in [6.45, 7) is 4.08. The maximum absolute atomic E-state index is 11.8. The van der Waals surface area contributed by atoms with Crippen molar-refractivity contribution in [3.05, 3.63) is 16.1 Å². The normalized spacial score (nSPS) is 10.3. The number of thiazole rings is 1. The van der Waals surface area contributed by atoms with Crippen molar-refractivity contribution in [3.63, 3.8) is 0 Å². The Morgan fingerprint density at radius 2 is 2.25 bits per heavy atom. The van der Waals surface area contributed by atoms with Gasteiger partial charge in [-0.3, -0.25) is 9.59 Å². The highest BCUT2D eigenvalue weighted by Crippen LogP contribution is 2.15. The number of nitrogens with zero attached hydrogens (tertiary/aromatic N) is 2. The number of hydrogen-bond acceptors (Lipinski definition) is 6. The lowest BCUT2D eigenvalue weighted by atomic mass is 10.4. The molecule has 5 nitrogen and oxygen atoms in total. The van der Waals surface area contributed by atoms with Gasteiger partial charge in [-0.15, -0.1) is 11.3 Å². The summed E-state index contributed by atoms with van der Waals surface area (Å²) in [6.07, 6.45) is 0.420. The molecule has 112 valence electrons. The molecule has 1 amide bonds. The Hall–Kier alpha value is -1.08. The quantitative estimate of drug-likeness (QED) is 0.543. The summed E-state index contributed by atoms with van der Waals surface area (Å²) >= 11 is 3.31. The fourth-order valence-electron chi connectivity index (χ4n) is 1.49. The zero-order valence-electron chi connectivity index (χ0n) is 12.0. The number of ether oxygens (including phenoxy) is 1. The molecule has 20 heavy (non-hydrogen) atoms. The van der Waals surface area contributed by atoms with Gasteiger partial charge in [0.05, 0.1) is 17.3 Å². The lowest BCUT2D eigenvalue weighted by molar-refractivity contribution is -0.148. The van der Waals surface area contributed by atoms with Crippen LogP contribution >= 0.6 is 23.1 Å². The van der Waals surface area contributed by atoms with Crippen LogP contribution in [0.4, 0.5) is 0 Å². The highest BCUT2D eigenvalue weighted by Gasteiger charge is 2.13. The van der Waals surface area contributed by atoms with E-state index in [9.17, 15) is 9.59 Å². The van der Waals surface area contributed by atoms with Crippen molar-refractivity contribution in [1.82, 2.24) is 9.88 Å². The van der Waals surface area contributed by atoms with Crippen molar-refractivity contribution in [1.29, 1.82) is 0 Å². The van der Waals surface area contributed by atoms with Gasteiger partial charge in [-0.1, -0.05) is 0 Å². The molecule has 1 aromatic rings. The molecule has 0 saturated heterocycles. The van der Waals surface area contributed by atoms with Gasteiger partial charge in [0.2, 0.25) is 5.91 Å². The van der Waals surface area contributed by atoms with Crippen molar-refractivity contribution >= 4 is 35.0 Å². The number of carbonyl (C=O) groups is 2. The number of hydrogen-bond donors (Lipinski definition) is 0. The van der Waals surface area contributed by atoms with Gasteiger partial charge in [0.1, 0.15) is 6.54 Å². The van der Waals surface area contributed by atoms with Crippen LogP contribution in [-0.2, 0) is 20.1 Å². The van der Waals surface area contributed by atoms with E-state index in [4.69, 9.17) is 4.74 Å². The van der Waals surface area contributed by atoms with Crippen LogP contribution in [0.15, 0.2) is 5.38 Å². The molecule has 0 aliphatic heterocycles. The Morgan fingerprint density at radius 3 is 2.85 bits per heavy atom. The van der Waals surface area contributed by atoms with Gasteiger partial charge in [0, 0.05) is 30.4 Å². The molecular weight excluding hydrogens is 296 g/mol. The lowest BCUT2D eigenvalue weighted by Crippen LogP contribution is -2.33. The highest BCUT2D eigenvalue weighted by molar-refractivity contribution is 7.98. The monoisotopic (exact) mass is 316 g/mol. The summed E-state index contributed by atoms with van der Waals surface area (Å²) in [4.78, 5) is 28.8. The molecule has 0 N–H and O–H groups in total. The van der Waals surface area contributed by atoms with Crippen LogP contribution in [0.3, 0.4) is 0 Å². The number of likely N-dealkylation sites (N-methyl/N-ethyl adjacent to an activating group) is 1. The average Bonchev–Trinajstić information content (AvgIpc) is 2.80. The predicted octanol–water partition coefficient (Wildman–Crippen LogP) is 2.10. The number of aromatic nitrogens is 1. The second kappa shape index (κ2) is 8.97. The van der Waals surface area contributed by atoms with E-state index in [0.29, 0.717) is 13.0 Å². The van der Waals surface area contributed by atoms with Gasteiger partial charge in [0.15, 0.2) is 0 Å². The van der Waals surface area contributed by atoms with Gasteiger partial charge in [0.25, 0.3) is 0 Å². The van der Waals surface area contributed by atoms with Crippen molar-refractivity contribution in [2.45, 2.75) is 26.0 Å². The molecule has 0 spiro atoms. The minimum Gasteiger partial charge on any atom is -0.465 e. The number of rotatable bonds is 8. The van der Waals surface area contributed by atoms with Crippen LogP contribution in [-0.4, -0.2) is 47.7 Å². The second-order valence-electron chi connectivity index (χ2n) is 4.22. The van der Waals surface area contributed by atoms with Crippen LogP contribution in [0.25, 0.3) is 0 Å². The molecule has 0 radical (unpaired) electrons. The molecule has 0 aliphatic rings. The Labute approximate surface area is 127 Å². The molecule has 1 aromatic heterocycles. The predicted molar refractivity (Wildman–Crippen MR) is 81.9 cm³/mol. The summed E-state index contributed by atoms with van der Waals surface area (Å²) in [5.74, 6) is 1.14. The topological polar surface area (TPSA) is 59.5 Å². The van der Waals surface area contributed by atoms with Crippen molar-refractivity contribution < 1.29 is 14.3 Å². The fourth-order valence-corrected chi connectivity index (χ4v) is 3.03. The molecule has 0 fully saturated rings. The van der Waals surface area contributed by atoms with E-state index in [0.717, 1.165) is 22.2 Å². The standard InChI is InChI=1S/C13H20N2O3S2/c1-4-18-13(17)7-15(3)12(16)5-6-19-8-11-9-20-10(2)14-11/h9H,4-8H2,1-3H3. The molecule has 1 heterocycles. The number of carbonyl (C=O) groups excluding carboxylic acids is 2. The first-order chi connectivity index (χ1) is 9.52. The van der Waals surface area contributed by atoms with Gasteiger partial charge in [-0.2, -0.15) is 11.8 Å². The average molecular weight is 316 g/mol. The van der Waals surface area contributed by atoms with E-state index in [1.165, 1.54) is 4.90 Å². The van der Waals surface area contributed by atoms with Gasteiger partial charge in [-0.05, 0) is 13.8 Å². The van der Waals surface area contributed by atoms with Gasteiger partial charge >= 0.3 is 5.97 Å². The molecule has 7 heteroatoms. The van der Waals surface area contributed by atoms with E-state index in [1.807, 2.05) is 12.3 Å². The third-order valence-corrected chi connectivity index (χ3v) is 4.29. The Balaban J connectivity index is 2.17. The lowest BCUT2D eigenvalue weighted by Gasteiger charge is -2.15. The van der Waals surface area contributed by atoms with E-state index in [-0.39, 0.29) is 18.4 Å². The molecule has 0 aromatic carbocycles. The van der Waals surface area contributed by atoms with Crippen LogP contribution in [0, 0.1) is 6.92 Å². The summed E-state index contributed by atoms with van der Waals surface area (Å²) in [5, 5.41) is 3.10. The zero-order valence-corrected chi connectivity index (χ0v) is 13.7. The first kappa shape index (κ1) is 17.0. The second-order valence-corrected chi connectivity index (χ2v) is 6.38. The van der Waals surface area contributed by atoms with Crippen LogP contribution < -0.4 is 0 Å². The van der Waals surface area contributed by atoms with E-state index >= 15 is 0 Å². The van der Waals surface area contributed by atoms with Crippen molar-refractivity contribution in [3.8, 4) is 0 Å². The molecule has 0 atom stereocenters. The fraction of sp³-hybridized carbons (Fsp3) is 0.615. The van der Waals surface area contributed by atoms with Crippen LogP contribution in [0.2, 0.25) is 0 Å². The molecule has 1 rings (SSSR count). The number of esters is 1. The molecule has 0 saturated carbocycles. The highest BCUT2D eigenvalue weighted by atomic mass is 32.2. The number of amides is 1. The van der Waals surface area contributed by atoms with E-state index < -0.39 is 0 Å². The van der Waals surface area contributed by atoms with Gasteiger partial charge in [-0.25, -0.2) is 4.98 Å². The summed E-state index contributed by atoms with van der Waals surface area (Å²) in [6, 6.07) is 0. The van der Waals surface area contributed by atoms with Gasteiger partial charge < -0.3 is 9.64 Å². The van der Waals surface area contributed by atoms with E-state index in [2.05, 4.69) is 4.98 Å². The zero-order chi connectivity index (χ0) is 15.0. The number of aryl methyl sites for hydroxylation is 1. The van der Waals surface area contributed by atoms with Crippen LogP contribution in [0.1, 0.15) is 24.0 Å². The SMILES string of the molecule is CCOC(=O)CN(C)C(=O)CCSCc1csc(C)n1. The summed E-state index contributed by atoms with van der Waals surface area (Å²) in [7, 11) is 1.62. The Bertz CT molecular complexity index is 449. The maximum atomic E-state index is 11.8. The van der Waals surface area contributed by atoms with Crippen LogP contribution in [0.5, 0.6) is 0 Å². The third-order valence-electron chi connectivity index (χ3n) is 2.47. The molecular formula is C13H20N2O3S2. The first-order valence-corrected chi connectivity index (χ1v) is 8.44. The maximum Gasteiger partial charge on any atom is 0.325 e. The minimum absolute atomic E-state index is 0.0165. The summed E-state index contributed by atoms with van der Waals surface area (Å²) < 4.78 is 4.80. The minimum atomic E-state index is -0.367. The largest absolute Gasteiger partial charge is 0.465 e. The third kappa shape index (κ3) is 6.38. The summed E-state index contributed by atoms with van der Waals surface area (Å²) in [5.41, 5.74) is 1.06. The van der Waals surface area contributed by atoms with Crippen molar-refractivity contribution in [2.75, 3.05) is 26.0 Å². The first-order valence-electron chi connectivity index (χ1n) is 6.41. The Kier molecular flexibility index (Phi) is 7.61. The molecule has 0 unspecified atom stereocenters. The number of thioether (sulfide) groups is 1.